The molecule has 0 bridgehead atoms. The van der Waals surface area contributed by atoms with E-state index < -0.39 is 0 Å². The topological polar surface area (TPSA) is 21.6 Å². The van der Waals surface area contributed by atoms with Crippen molar-refractivity contribution in [2.45, 2.75) is 16.7 Å². The van der Waals surface area contributed by atoms with Gasteiger partial charge in [-0.2, -0.15) is 0 Å². The third-order valence-corrected chi connectivity index (χ3v) is 5.84. The van der Waals surface area contributed by atoms with Crippen LogP contribution in [0.1, 0.15) is 6.92 Å². The van der Waals surface area contributed by atoms with Gasteiger partial charge in [-0.25, -0.2) is 4.99 Å². The third-order valence-electron chi connectivity index (χ3n) is 3.71. The minimum absolute atomic E-state index is 0.832. The van der Waals surface area contributed by atoms with Crippen molar-refractivity contribution in [2.75, 3.05) is 7.11 Å². The van der Waals surface area contributed by atoms with Crippen LogP contribution in [-0.4, -0.2) is 12.2 Å². The maximum atomic E-state index is 5.24. The fraction of sp³-hybridized carbons (Fsp3) is 0.0870. The van der Waals surface area contributed by atoms with E-state index in [2.05, 4.69) is 48.7 Å². The van der Waals surface area contributed by atoms with Crippen molar-refractivity contribution in [3.63, 3.8) is 0 Å². The van der Waals surface area contributed by atoms with E-state index in [0.717, 1.165) is 22.1 Å². The van der Waals surface area contributed by atoms with Gasteiger partial charge in [0.1, 0.15) is 10.8 Å². The van der Waals surface area contributed by atoms with Gasteiger partial charge in [-0.15, -0.1) is 0 Å². The largest absolute Gasteiger partial charge is 0.497 e. The highest BCUT2D eigenvalue weighted by Gasteiger charge is 2.07. The van der Waals surface area contributed by atoms with Crippen LogP contribution in [0.4, 0.5) is 5.69 Å². The van der Waals surface area contributed by atoms with Crippen LogP contribution in [0.3, 0.4) is 0 Å². The average molecular weight is 392 g/mol. The first-order chi connectivity index (χ1) is 13.2. The maximum absolute atomic E-state index is 5.24. The molecule has 0 amide bonds. The highest BCUT2D eigenvalue weighted by molar-refractivity contribution is 8.14. The van der Waals surface area contributed by atoms with Gasteiger partial charge in [0.25, 0.3) is 0 Å². The first kappa shape index (κ1) is 19.3. The zero-order valence-electron chi connectivity index (χ0n) is 15.3. The van der Waals surface area contributed by atoms with E-state index in [1.807, 2.05) is 48.5 Å². The lowest BCUT2D eigenvalue weighted by Crippen LogP contribution is -1.94. The van der Waals surface area contributed by atoms with Gasteiger partial charge in [0, 0.05) is 9.79 Å². The van der Waals surface area contributed by atoms with E-state index in [1.54, 1.807) is 30.6 Å². The molecule has 0 aliphatic rings. The van der Waals surface area contributed by atoms with Crippen molar-refractivity contribution in [3.05, 3.63) is 95.9 Å². The van der Waals surface area contributed by atoms with Crippen LogP contribution in [0.5, 0.6) is 5.75 Å². The van der Waals surface area contributed by atoms with Crippen LogP contribution in [0.25, 0.3) is 0 Å². The number of rotatable bonds is 6. The van der Waals surface area contributed by atoms with Gasteiger partial charge in [-0.1, -0.05) is 59.9 Å². The van der Waals surface area contributed by atoms with Crippen molar-refractivity contribution in [2.24, 2.45) is 4.99 Å². The number of ether oxygens (including phenoxy) is 1. The number of benzene rings is 3. The van der Waals surface area contributed by atoms with Crippen LogP contribution in [0, 0.1) is 0 Å². The second kappa shape index (κ2) is 10.0. The van der Waals surface area contributed by atoms with Gasteiger partial charge in [-0.05, 0) is 66.4 Å². The fourth-order valence-electron chi connectivity index (χ4n) is 2.27. The van der Waals surface area contributed by atoms with Gasteiger partial charge in [0.05, 0.1) is 12.8 Å². The molecule has 136 valence electrons. The molecule has 4 heteroatoms. The predicted octanol–water partition coefficient (Wildman–Crippen LogP) is 7.21. The maximum Gasteiger partial charge on any atom is 0.119 e. The lowest BCUT2D eigenvalue weighted by Gasteiger charge is -2.08. The van der Waals surface area contributed by atoms with E-state index in [9.17, 15) is 0 Å². The number of nitrogens with zero attached hydrogens (tertiary/aromatic N) is 1. The molecule has 3 aromatic carbocycles. The zero-order valence-corrected chi connectivity index (χ0v) is 17.0. The van der Waals surface area contributed by atoms with Crippen LogP contribution in [-0.2, 0) is 0 Å². The number of aliphatic imine (C=N–C) groups is 1. The van der Waals surface area contributed by atoms with Crippen molar-refractivity contribution >= 4 is 34.3 Å². The van der Waals surface area contributed by atoms with Crippen LogP contribution in [0.15, 0.2) is 111 Å². The number of thioether (sulfide) groups is 2. The Bertz CT molecular complexity index is 904. The summed E-state index contributed by atoms with van der Waals surface area (Å²) in [6, 6.07) is 28.5. The number of hydrogen-bond acceptors (Lipinski definition) is 4. The standard InChI is InChI=1S/C23H21NOS2/c1-18(17-26-21-9-5-3-6-10-21)23(27-22-11-7-4-8-12-22)24-19-13-15-20(25-2)16-14-19/h3-17H,1-2H3/b18-17+,24-23?. The average Bonchev–Trinajstić information content (AvgIpc) is 2.73. The third kappa shape index (κ3) is 6.05. The van der Waals surface area contributed by atoms with E-state index in [1.165, 1.54) is 9.79 Å². The molecule has 0 aliphatic carbocycles. The van der Waals surface area contributed by atoms with Gasteiger partial charge in [0.15, 0.2) is 0 Å². The second-order valence-corrected chi connectivity index (χ2v) is 7.77. The summed E-state index contributed by atoms with van der Waals surface area (Å²) >= 11 is 3.38. The minimum Gasteiger partial charge on any atom is -0.497 e. The highest BCUT2D eigenvalue weighted by atomic mass is 32.2. The Morgan fingerprint density at radius 1 is 0.815 bits per heavy atom. The number of hydrogen-bond donors (Lipinski definition) is 0. The Morgan fingerprint density at radius 3 is 2.00 bits per heavy atom. The zero-order chi connectivity index (χ0) is 18.9. The lowest BCUT2D eigenvalue weighted by atomic mass is 10.3. The number of methoxy groups -OCH3 is 1. The smallest absolute Gasteiger partial charge is 0.119 e. The van der Waals surface area contributed by atoms with E-state index in [-0.39, 0.29) is 0 Å². The van der Waals surface area contributed by atoms with Gasteiger partial charge in [0.2, 0.25) is 0 Å². The van der Waals surface area contributed by atoms with Crippen LogP contribution < -0.4 is 4.74 Å². The second-order valence-electron chi connectivity index (χ2n) is 5.76. The first-order valence-corrected chi connectivity index (χ1v) is 10.3. The molecule has 0 heterocycles. The molecule has 0 spiro atoms. The summed E-state index contributed by atoms with van der Waals surface area (Å²) in [7, 11) is 1.67. The minimum atomic E-state index is 0.832. The normalized spacial score (nSPS) is 12.1. The van der Waals surface area contributed by atoms with Crippen molar-refractivity contribution in [1.82, 2.24) is 0 Å². The van der Waals surface area contributed by atoms with Crippen molar-refractivity contribution in [1.29, 1.82) is 0 Å². The first-order valence-electron chi connectivity index (χ1n) is 8.59. The molecule has 0 radical (unpaired) electrons. The Morgan fingerprint density at radius 2 is 1.41 bits per heavy atom. The summed E-state index contributed by atoms with van der Waals surface area (Å²) in [5.41, 5.74) is 2.04. The Labute approximate surface area is 169 Å². The van der Waals surface area contributed by atoms with Crippen LogP contribution in [0.2, 0.25) is 0 Å². The highest BCUT2D eigenvalue weighted by Crippen LogP contribution is 2.29. The summed E-state index contributed by atoms with van der Waals surface area (Å²) in [5.74, 6) is 0.832. The summed E-state index contributed by atoms with van der Waals surface area (Å²) in [6.07, 6.45) is 0. The Hall–Kier alpha value is -2.43. The molecular formula is C23H21NOS2. The molecule has 27 heavy (non-hydrogen) atoms. The van der Waals surface area contributed by atoms with E-state index in [4.69, 9.17) is 9.73 Å². The van der Waals surface area contributed by atoms with Gasteiger partial charge >= 0.3 is 0 Å². The monoisotopic (exact) mass is 391 g/mol. The predicted molar refractivity (Wildman–Crippen MR) is 118 cm³/mol. The quantitative estimate of drug-likeness (QED) is 0.252. The van der Waals surface area contributed by atoms with E-state index in [0.29, 0.717) is 0 Å². The van der Waals surface area contributed by atoms with Gasteiger partial charge < -0.3 is 4.74 Å². The molecular weight excluding hydrogens is 370 g/mol. The summed E-state index contributed by atoms with van der Waals surface area (Å²) in [5, 5.41) is 3.14. The fourth-order valence-corrected chi connectivity index (χ4v) is 3.97. The summed E-state index contributed by atoms with van der Waals surface area (Å²) in [4.78, 5) is 7.27. The molecule has 0 unspecified atom stereocenters. The molecule has 3 rings (SSSR count). The van der Waals surface area contributed by atoms with Crippen molar-refractivity contribution in [3.8, 4) is 5.75 Å². The summed E-state index contributed by atoms with van der Waals surface area (Å²) < 4.78 is 5.24. The van der Waals surface area contributed by atoms with Crippen LogP contribution >= 0.6 is 23.5 Å². The SMILES string of the molecule is COc1ccc(N=C(Sc2ccccc2)/C(C)=C/Sc2ccccc2)cc1. The molecule has 0 N–H and O–H groups in total. The van der Waals surface area contributed by atoms with Crippen molar-refractivity contribution < 1.29 is 4.74 Å². The molecule has 0 atom stereocenters. The molecule has 3 aromatic rings. The Balaban J connectivity index is 1.87. The van der Waals surface area contributed by atoms with E-state index >= 15 is 0 Å². The summed E-state index contributed by atoms with van der Waals surface area (Å²) in [6.45, 7) is 2.11. The molecule has 0 aromatic heterocycles. The molecule has 0 fully saturated rings. The molecule has 0 saturated carbocycles. The lowest BCUT2D eigenvalue weighted by molar-refractivity contribution is 0.415. The molecule has 0 aliphatic heterocycles. The molecule has 2 nitrogen and oxygen atoms in total. The Kier molecular flexibility index (Phi) is 7.19. The van der Waals surface area contributed by atoms with Gasteiger partial charge in [-0.3, -0.25) is 0 Å². The molecule has 0 saturated heterocycles.